The summed E-state index contributed by atoms with van der Waals surface area (Å²) in [6, 6.07) is 6.52. The normalized spacial score (nSPS) is 19.5. The summed E-state index contributed by atoms with van der Waals surface area (Å²) >= 11 is 0. The lowest BCUT2D eigenvalue weighted by atomic mass is 9.97. The molecule has 14 heteroatoms. The number of aliphatic hydroxyl groups excluding tert-OH is 1. The topological polar surface area (TPSA) is 132 Å². The molecule has 0 radical (unpaired) electrons. The second kappa shape index (κ2) is 13.6. The Labute approximate surface area is 288 Å². The molecule has 6 rings (SSSR count). The smallest absolute Gasteiger partial charge is 0.410 e. The van der Waals surface area contributed by atoms with Crippen LogP contribution in [0.2, 0.25) is 0 Å². The number of ether oxygens (including phenoxy) is 3. The average Bonchev–Trinajstić information content (AvgIpc) is 3.04. The van der Waals surface area contributed by atoms with Crippen LogP contribution in [0.5, 0.6) is 5.75 Å². The third-order valence-corrected chi connectivity index (χ3v) is 8.73. The van der Waals surface area contributed by atoms with Crippen molar-refractivity contribution in [2.24, 2.45) is 0 Å². The average molecular weight is 693 g/mol. The summed E-state index contributed by atoms with van der Waals surface area (Å²) in [5.74, 6) is -1.79. The van der Waals surface area contributed by atoms with Crippen molar-refractivity contribution in [1.29, 1.82) is 0 Å². The number of amides is 1. The number of piperazine rings is 1. The molecule has 3 aromatic heterocycles. The molecular formula is C36H42F2N6O6. The number of hydrogen-bond acceptors (Lipinski definition) is 10. The quantitative estimate of drug-likeness (QED) is 0.292. The fourth-order valence-corrected chi connectivity index (χ4v) is 6.55. The number of rotatable bonds is 4. The highest BCUT2D eigenvalue weighted by atomic mass is 19.1. The fourth-order valence-electron chi connectivity index (χ4n) is 6.55. The number of anilines is 1. The summed E-state index contributed by atoms with van der Waals surface area (Å²) < 4.78 is 50.9. The van der Waals surface area contributed by atoms with Crippen LogP contribution >= 0.6 is 0 Å². The third-order valence-electron chi connectivity index (χ3n) is 8.73. The second-order valence-corrected chi connectivity index (χ2v) is 13.9. The Morgan fingerprint density at radius 2 is 1.90 bits per heavy atom. The van der Waals surface area contributed by atoms with E-state index in [2.05, 4.69) is 9.97 Å². The van der Waals surface area contributed by atoms with Gasteiger partial charge in [-0.25, -0.2) is 27.9 Å². The van der Waals surface area contributed by atoms with Gasteiger partial charge >= 0.3 is 11.8 Å². The number of aliphatic hydroxyl groups is 1. The molecule has 2 unspecified atom stereocenters. The number of pyridine rings is 2. The maximum absolute atomic E-state index is 16.4. The summed E-state index contributed by atoms with van der Waals surface area (Å²) in [7, 11) is 0. The Bertz CT molecular complexity index is 2000. The van der Waals surface area contributed by atoms with Crippen molar-refractivity contribution < 1.29 is 32.9 Å². The van der Waals surface area contributed by atoms with Gasteiger partial charge in [-0.1, -0.05) is 19.9 Å². The highest BCUT2D eigenvalue weighted by Crippen LogP contribution is 2.40. The summed E-state index contributed by atoms with van der Waals surface area (Å²) in [6.07, 6.45) is -1.18. The summed E-state index contributed by atoms with van der Waals surface area (Å²) in [6.45, 7) is 13.5. The molecule has 5 heterocycles. The molecule has 12 nitrogen and oxygen atoms in total. The van der Waals surface area contributed by atoms with Crippen LogP contribution in [-0.2, 0) is 9.47 Å². The number of carbonyl (C=O) groups is 1. The van der Waals surface area contributed by atoms with Gasteiger partial charge in [0.15, 0.2) is 11.5 Å². The van der Waals surface area contributed by atoms with E-state index in [9.17, 15) is 14.7 Å². The molecule has 0 aliphatic carbocycles. The van der Waals surface area contributed by atoms with Crippen LogP contribution < -0.4 is 15.3 Å². The summed E-state index contributed by atoms with van der Waals surface area (Å²) in [5.41, 5.74) is -0.902. The highest BCUT2D eigenvalue weighted by molar-refractivity contribution is 5.91. The molecule has 1 N–H and O–H groups in total. The number of halogens is 2. The number of benzene rings is 1. The molecule has 1 fully saturated rings. The van der Waals surface area contributed by atoms with E-state index in [1.54, 1.807) is 44.9 Å². The van der Waals surface area contributed by atoms with E-state index in [1.165, 1.54) is 22.8 Å². The Kier molecular flexibility index (Phi) is 9.53. The first-order valence-corrected chi connectivity index (χ1v) is 16.8. The minimum atomic E-state index is -1.29. The molecule has 1 amide bonds. The first kappa shape index (κ1) is 35.1. The van der Waals surface area contributed by atoms with Gasteiger partial charge in [-0.15, -0.1) is 0 Å². The predicted octanol–water partition coefficient (Wildman–Crippen LogP) is 5.52. The van der Waals surface area contributed by atoms with E-state index in [0.29, 0.717) is 11.3 Å². The van der Waals surface area contributed by atoms with Crippen molar-refractivity contribution in [3.63, 3.8) is 0 Å². The fraction of sp³-hybridized carbons (Fsp3) is 0.472. The molecule has 3 atom stereocenters. The minimum Gasteiger partial charge on any atom is -0.490 e. The molecule has 2 bridgehead atoms. The van der Waals surface area contributed by atoms with Crippen LogP contribution in [-0.4, -0.2) is 86.2 Å². The van der Waals surface area contributed by atoms with E-state index >= 15 is 8.78 Å². The maximum Gasteiger partial charge on any atom is 0.410 e. The van der Waals surface area contributed by atoms with Gasteiger partial charge in [0.25, 0.3) is 0 Å². The lowest BCUT2D eigenvalue weighted by Crippen LogP contribution is -2.55. The van der Waals surface area contributed by atoms with Gasteiger partial charge in [0, 0.05) is 44.0 Å². The van der Waals surface area contributed by atoms with E-state index < -0.39 is 41.2 Å². The molecular weight excluding hydrogens is 650 g/mol. The van der Waals surface area contributed by atoms with Crippen LogP contribution in [0.4, 0.5) is 19.4 Å². The van der Waals surface area contributed by atoms with Gasteiger partial charge < -0.3 is 29.1 Å². The second-order valence-electron chi connectivity index (χ2n) is 13.9. The number of aromatic nitrogens is 4. The standard InChI is InChI=1S/C36H42F2N6O6/c1-8-48-31-21-12-13-39-28(19(2)3)30(21)44-33-22(16-24(38)29(40-33)27-23(37)10-9-11-26(27)49-18-25(31)45)32(41-34(44)46)43-15-14-42(17-20(43)4)35(47)50-36(5,6)7/h9-13,16,19-20,25,31,45H,8,14-15,17-18H2,1-7H3/t20-,25?,31?/m0/s1. The SMILES string of the molecule is CCOC1c2ccnc(C(C)C)c2-n2c(=O)nc(N3CCN(C(=O)OC(C)(C)C)C[C@@H]3C)c3cc(F)c(nc32)-c2c(F)cccc2OCC1O. The minimum absolute atomic E-state index is 0.00571. The molecule has 1 aromatic carbocycles. The van der Waals surface area contributed by atoms with Crippen molar-refractivity contribution in [3.8, 4) is 22.7 Å². The van der Waals surface area contributed by atoms with E-state index in [4.69, 9.17) is 19.2 Å². The summed E-state index contributed by atoms with van der Waals surface area (Å²) in [4.78, 5) is 44.6. The van der Waals surface area contributed by atoms with Gasteiger partial charge in [0.05, 0.1) is 22.3 Å². The van der Waals surface area contributed by atoms with Crippen LogP contribution in [0.3, 0.4) is 0 Å². The van der Waals surface area contributed by atoms with E-state index in [0.717, 1.165) is 6.07 Å². The van der Waals surface area contributed by atoms with Crippen LogP contribution in [0.1, 0.15) is 71.7 Å². The Balaban J connectivity index is 1.65. The maximum atomic E-state index is 16.4. The Hall–Kier alpha value is -4.69. The third kappa shape index (κ3) is 6.49. The molecule has 0 saturated carbocycles. The van der Waals surface area contributed by atoms with Crippen molar-refractivity contribution in [2.45, 2.75) is 78.2 Å². The monoisotopic (exact) mass is 692 g/mol. The lowest BCUT2D eigenvalue weighted by molar-refractivity contribution is -0.0517. The van der Waals surface area contributed by atoms with Crippen molar-refractivity contribution in [2.75, 3.05) is 37.7 Å². The van der Waals surface area contributed by atoms with Gasteiger partial charge in [-0.2, -0.15) is 4.98 Å². The van der Waals surface area contributed by atoms with Crippen LogP contribution in [0.25, 0.3) is 28.0 Å². The van der Waals surface area contributed by atoms with Crippen LogP contribution in [0, 0.1) is 11.6 Å². The molecule has 1 saturated heterocycles. The Morgan fingerprint density at radius 1 is 1.14 bits per heavy atom. The molecule has 0 spiro atoms. The zero-order valence-electron chi connectivity index (χ0n) is 29.2. The highest BCUT2D eigenvalue weighted by Gasteiger charge is 2.35. The zero-order chi connectivity index (χ0) is 36.1. The number of nitrogens with zero attached hydrogens (tertiary/aromatic N) is 6. The molecule has 50 heavy (non-hydrogen) atoms. The van der Waals surface area contributed by atoms with Gasteiger partial charge in [-0.05, 0) is 64.8 Å². The molecule has 266 valence electrons. The first-order chi connectivity index (χ1) is 23.7. The largest absolute Gasteiger partial charge is 0.490 e. The van der Waals surface area contributed by atoms with Crippen molar-refractivity contribution in [3.05, 3.63) is 69.9 Å². The van der Waals surface area contributed by atoms with Crippen LogP contribution in [0.15, 0.2) is 41.3 Å². The number of hydrogen-bond donors (Lipinski definition) is 1. The van der Waals surface area contributed by atoms with Crippen molar-refractivity contribution >= 4 is 22.9 Å². The first-order valence-electron chi connectivity index (χ1n) is 16.8. The predicted molar refractivity (Wildman–Crippen MR) is 183 cm³/mol. The number of carbonyl (C=O) groups excluding carboxylic acids is 1. The van der Waals surface area contributed by atoms with Gasteiger partial charge in [0.1, 0.15) is 47.5 Å². The van der Waals surface area contributed by atoms with Gasteiger partial charge in [-0.3, -0.25) is 4.98 Å². The van der Waals surface area contributed by atoms with Crippen molar-refractivity contribution in [1.82, 2.24) is 24.4 Å². The zero-order valence-corrected chi connectivity index (χ0v) is 29.2. The van der Waals surface area contributed by atoms with E-state index in [1.807, 2.05) is 25.7 Å². The van der Waals surface area contributed by atoms with E-state index in [-0.39, 0.29) is 84.4 Å². The number of fused-ring (bicyclic) bond motifs is 5. The lowest BCUT2D eigenvalue weighted by Gasteiger charge is -2.41. The molecule has 4 aromatic rings. The van der Waals surface area contributed by atoms with Gasteiger partial charge in [0.2, 0.25) is 0 Å². The Morgan fingerprint density at radius 3 is 2.58 bits per heavy atom. The molecule has 2 aliphatic heterocycles. The summed E-state index contributed by atoms with van der Waals surface area (Å²) in [5, 5.41) is 11.7. The molecule has 2 aliphatic rings.